The Morgan fingerprint density at radius 2 is 2.44 bits per heavy atom. The molecule has 0 saturated carbocycles. The molecule has 0 N–H and O–H groups in total. The predicted molar refractivity (Wildman–Crippen MR) is 34.2 cm³/mol. The summed E-state index contributed by atoms with van der Waals surface area (Å²) in [5, 5.41) is 3.96. The monoisotopic (exact) mass is 125 g/mol. The van der Waals surface area contributed by atoms with Crippen LogP contribution in [-0.2, 0) is 7.05 Å². The summed E-state index contributed by atoms with van der Waals surface area (Å²) < 4.78 is 6.54. The minimum atomic E-state index is 0.595. The highest BCUT2D eigenvalue weighted by molar-refractivity contribution is 5.25. The summed E-state index contributed by atoms with van der Waals surface area (Å²) >= 11 is 0. The zero-order chi connectivity index (χ0) is 6.85. The first-order valence-corrected chi connectivity index (χ1v) is 2.63. The van der Waals surface area contributed by atoms with Crippen molar-refractivity contribution in [1.29, 1.82) is 0 Å². The van der Waals surface area contributed by atoms with Gasteiger partial charge in [0.15, 0.2) is 0 Å². The van der Waals surface area contributed by atoms with Gasteiger partial charge in [0.2, 0.25) is 5.88 Å². The molecule has 0 amide bonds. The Bertz CT molecular complexity index is 205. The highest BCUT2D eigenvalue weighted by Gasteiger charge is 1.99. The highest BCUT2D eigenvalue weighted by Crippen LogP contribution is 2.11. The fraction of sp³-hybridized carbons (Fsp3) is 0.333. The first kappa shape index (κ1) is 6.13. The Kier molecular flexibility index (Phi) is 1.42. The topological polar surface area (TPSA) is 27.1 Å². The molecule has 0 unspecified atom stereocenters. The second kappa shape index (κ2) is 2.09. The van der Waals surface area contributed by atoms with Crippen LogP contribution in [0.25, 0.3) is 0 Å². The van der Waals surface area contributed by atoms with Crippen molar-refractivity contribution in [3.63, 3.8) is 0 Å². The summed E-state index contributed by atoms with van der Waals surface area (Å²) in [7, 11) is 3.41. The molecule has 0 aliphatic rings. The zero-order valence-electron chi connectivity index (χ0n) is 5.59. The molecule has 1 radical (unpaired) electrons. The average Bonchev–Trinajstić information content (AvgIpc) is 2.10. The van der Waals surface area contributed by atoms with E-state index in [-0.39, 0.29) is 0 Å². The first-order valence-electron chi connectivity index (χ1n) is 2.63. The fourth-order valence-electron chi connectivity index (χ4n) is 0.689. The van der Waals surface area contributed by atoms with Crippen molar-refractivity contribution in [3.05, 3.63) is 18.7 Å². The van der Waals surface area contributed by atoms with Crippen LogP contribution in [0.5, 0.6) is 5.88 Å². The van der Waals surface area contributed by atoms with Gasteiger partial charge in [0, 0.05) is 18.8 Å². The van der Waals surface area contributed by atoms with E-state index in [2.05, 4.69) is 12.0 Å². The third-order valence-corrected chi connectivity index (χ3v) is 1.06. The van der Waals surface area contributed by atoms with E-state index in [1.165, 1.54) is 0 Å². The molecule has 9 heavy (non-hydrogen) atoms. The lowest BCUT2D eigenvalue weighted by molar-refractivity contribution is 0.390. The molecule has 0 saturated heterocycles. The summed E-state index contributed by atoms with van der Waals surface area (Å²) in [4.78, 5) is 0. The Balaban J connectivity index is 3.01. The number of methoxy groups -OCH3 is 1. The van der Waals surface area contributed by atoms with Gasteiger partial charge in [-0.05, 0) is 6.92 Å². The lowest BCUT2D eigenvalue weighted by Gasteiger charge is -1.90. The summed E-state index contributed by atoms with van der Waals surface area (Å²) in [6.07, 6.45) is 1.80. The van der Waals surface area contributed by atoms with Crippen LogP contribution in [0.2, 0.25) is 0 Å². The Morgan fingerprint density at radius 3 is 2.67 bits per heavy atom. The van der Waals surface area contributed by atoms with E-state index in [1.807, 2.05) is 7.05 Å². The maximum Gasteiger partial charge on any atom is 0.235 e. The number of aromatic nitrogens is 2. The third-order valence-electron chi connectivity index (χ3n) is 1.06. The van der Waals surface area contributed by atoms with E-state index in [4.69, 9.17) is 4.74 Å². The molecule has 0 atom stereocenters. The van der Waals surface area contributed by atoms with Crippen molar-refractivity contribution in [2.75, 3.05) is 7.11 Å². The van der Waals surface area contributed by atoms with Gasteiger partial charge in [-0.2, -0.15) is 0 Å². The second-order valence-electron chi connectivity index (χ2n) is 1.84. The normalized spacial score (nSPS) is 9.67. The minimum Gasteiger partial charge on any atom is -0.480 e. The summed E-state index contributed by atoms with van der Waals surface area (Å²) in [6.45, 7) is 3.70. The quantitative estimate of drug-likeness (QED) is 0.550. The third kappa shape index (κ3) is 1.04. The molecule has 3 nitrogen and oxygen atoms in total. The Labute approximate surface area is 54.2 Å². The molecule has 0 aliphatic carbocycles. The van der Waals surface area contributed by atoms with E-state index in [9.17, 15) is 0 Å². The van der Waals surface area contributed by atoms with E-state index in [0.29, 0.717) is 5.88 Å². The number of rotatable bonds is 1. The van der Waals surface area contributed by atoms with Crippen molar-refractivity contribution >= 4 is 0 Å². The van der Waals surface area contributed by atoms with Crippen molar-refractivity contribution in [2.45, 2.75) is 0 Å². The van der Waals surface area contributed by atoms with Gasteiger partial charge >= 0.3 is 0 Å². The van der Waals surface area contributed by atoms with Crippen LogP contribution in [0.15, 0.2) is 6.20 Å². The van der Waals surface area contributed by atoms with Crippen LogP contribution in [0.4, 0.5) is 0 Å². The van der Waals surface area contributed by atoms with Gasteiger partial charge in [0.05, 0.1) is 7.11 Å². The van der Waals surface area contributed by atoms with Gasteiger partial charge in [-0.3, -0.25) is 4.68 Å². The van der Waals surface area contributed by atoms with E-state index < -0.39 is 0 Å². The van der Waals surface area contributed by atoms with Crippen molar-refractivity contribution in [1.82, 2.24) is 9.78 Å². The first-order chi connectivity index (χ1) is 4.24. The average molecular weight is 125 g/mol. The van der Waals surface area contributed by atoms with E-state index in [0.717, 1.165) is 5.56 Å². The lowest BCUT2D eigenvalue weighted by atomic mass is 10.4. The molecule has 0 aromatic carbocycles. The van der Waals surface area contributed by atoms with Crippen LogP contribution in [0.3, 0.4) is 0 Å². The van der Waals surface area contributed by atoms with Crippen LogP contribution in [0, 0.1) is 6.92 Å². The van der Waals surface area contributed by atoms with Gasteiger partial charge in [-0.1, -0.05) is 0 Å². The van der Waals surface area contributed by atoms with Gasteiger partial charge < -0.3 is 4.74 Å². The fourth-order valence-corrected chi connectivity index (χ4v) is 0.689. The van der Waals surface area contributed by atoms with E-state index in [1.54, 1.807) is 18.0 Å². The number of nitrogens with zero attached hydrogens (tertiary/aromatic N) is 2. The largest absolute Gasteiger partial charge is 0.480 e. The van der Waals surface area contributed by atoms with Crippen LogP contribution >= 0.6 is 0 Å². The summed E-state index contributed by atoms with van der Waals surface area (Å²) in [5.74, 6) is 0.595. The van der Waals surface area contributed by atoms with Crippen LogP contribution in [-0.4, -0.2) is 16.9 Å². The molecular formula is C6H9N2O. The maximum atomic E-state index is 4.87. The summed E-state index contributed by atoms with van der Waals surface area (Å²) in [6, 6.07) is 0. The molecular weight excluding hydrogens is 116 g/mol. The molecule has 49 valence electrons. The second-order valence-corrected chi connectivity index (χ2v) is 1.84. The Hall–Kier alpha value is -0.990. The molecule has 1 rings (SSSR count). The van der Waals surface area contributed by atoms with Gasteiger partial charge in [-0.25, -0.2) is 0 Å². The van der Waals surface area contributed by atoms with Gasteiger partial charge in [-0.15, -0.1) is 5.10 Å². The van der Waals surface area contributed by atoms with Gasteiger partial charge in [0.1, 0.15) is 0 Å². The number of aryl methyl sites for hydroxylation is 1. The van der Waals surface area contributed by atoms with Crippen LogP contribution < -0.4 is 4.74 Å². The highest BCUT2D eigenvalue weighted by atomic mass is 16.5. The van der Waals surface area contributed by atoms with Crippen molar-refractivity contribution in [2.24, 2.45) is 7.05 Å². The molecule has 1 aromatic heterocycles. The zero-order valence-corrected chi connectivity index (χ0v) is 5.59. The lowest BCUT2D eigenvalue weighted by Crippen LogP contribution is -1.88. The SMILES string of the molecule is [CH2]c1cn(C)nc1OC. The minimum absolute atomic E-state index is 0.595. The van der Waals surface area contributed by atoms with Crippen molar-refractivity contribution < 1.29 is 4.74 Å². The molecule has 0 spiro atoms. The Morgan fingerprint density at radius 1 is 1.78 bits per heavy atom. The number of ether oxygens (including phenoxy) is 1. The number of hydrogen-bond donors (Lipinski definition) is 0. The molecule has 1 heterocycles. The number of hydrogen-bond acceptors (Lipinski definition) is 2. The molecule has 0 bridgehead atoms. The smallest absolute Gasteiger partial charge is 0.235 e. The maximum absolute atomic E-state index is 4.87. The molecule has 0 aliphatic heterocycles. The molecule has 1 aromatic rings. The van der Waals surface area contributed by atoms with Crippen molar-refractivity contribution in [3.8, 4) is 5.88 Å². The van der Waals surface area contributed by atoms with Crippen LogP contribution in [0.1, 0.15) is 5.56 Å². The standard InChI is InChI=1S/C6H9N2O/c1-5-4-8(2)7-6(5)9-3/h4H,1H2,2-3H3. The summed E-state index contributed by atoms with van der Waals surface area (Å²) in [5.41, 5.74) is 0.819. The molecule has 0 fully saturated rings. The van der Waals surface area contributed by atoms with E-state index >= 15 is 0 Å². The predicted octanol–water partition coefficient (Wildman–Crippen LogP) is 0.611. The molecule has 3 heteroatoms. The van der Waals surface area contributed by atoms with Gasteiger partial charge in [0.25, 0.3) is 0 Å².